The van der Waals surface area contributed by atoms with E-state index in [1.807, 2.05) is 17.0 Å². The van der Waals surface area contributed by atoms with Crippen molar-refractivity contribution in [2.24, 2.45) is 0 Å². The lowest BCUT2D eigenvalue weighted by Gasteiger charge is -2.36. The topological polar surface area (TPSA) is 72.9 Å². The van der Waals surface area contributed by atoms with Gasteiger partial charge in [-0.25, -0.2) is 0 Å². The van der Waals surface area contributed by atoms with Crippen molar-refractivity contribution in [3.05, 3.63) is 64.7 Å². The number of benzene rings is 2. The number of carbonyl (C=O) groups excluding carboxylic acids is 2. The summed E-state index contributed by atoms with van der Waals surface area (Å²) in [5.41, 5.74) is 5.14. The number of nitrogens with one attached hydrogen (secondary N) is 1. The van der Waals surface area contributed by atoms with Gasteiger partial charge in [-0.05, 0) is 67.6 Å². The van der Waals surface area contributed by atoms with E-state index < -0.39 is 6.10 Å². The minimum absolute atomic E-state index is 0.0288. The molecule has 2 N–H and O–H groups in total. The Labute approximate surface area is 183 Å². The standard InChI is InChI=1S/C25H31N3O3/c1-17-13-18(2)15-22(14-17)27-9-11-28(12-10-27)25(31)20-5-3-19(4-6-20)24(30)23-8-7-21(16-29)26-23/h3-6,13-16,21,23-24,26,30H,7-12H2,1-2H3. The summed E-state index contributed by atoms with van der Waals surface area (Å²) < 4.78 is 0. The minimum Gasteiger partial charge on any atom is -0.387 e. The molecule has 2 saturated heterocycles. The molecule has 6 nitrogen and oxygen atoms in total. The van der Waals surface area contributed by atoms with E-state index in [1.165, 1.54) is 16.8 Å². The number of aliphatic hydroxyl groups excluding tert-OH is 1. The van der Waals surface area contributed by atoms with Crippen LogP contribution < -0.4 is 10.2 Å². The molecule has 0 aliphatic carbocycles. The minimum atomic E-state index is -0.685. The summed E-state index contributed by atoms with van der Waals surface area (Å²) in [5.74, 6) is 0.0288. The van der Waals surface area contributed by atoms with Crippen LogP contribution in [0.1, 0.15) is 46.0 Å². The number of anilines is 1. The number of rotatable bonds is 5. The third-order valence-corrected chi connectivity index (χ3v) is 6.40. The number of piperazine rings is 1. The molecule has 0 radical (unpaired) electrons. The van der Waals surface area contributed by atoms with E-state index in [4.69, 9.17) is 0 Å². The molecule has 0 spiro atoms. The first-order valence-electron chi connectivity index (χ1n) is 11.1. The van der Waals surface area contributed by atoms with Crippen molar-refractivity contribution in [2.75, 3.05) is 31.1 Å². The van der Waals surface area contributed by atoms with Crippen molar-refractivity contribution in [1.82, 2.24) is 10.2 Å². The fourth-order valence-electron chi connectivity index (χ4n) is 4.70. The summed E-state index contributed by atoms with van der Waals surface area (Å²) in [6.07, 6.45) is 1.72. The Morgan fingerprint density at radius 2 is 1.68 bits per heavy atom. The van der Waals surface area contributed by atoms with Crippen LogP contribution in [0.5, 0.6) is 0 Å². The number of hydrogen-bond donors (Lipinski definition) is 2. The van der Waals surface area contributed by atoms with Crippen LogP contribution >= 0.6 is 0 Å². The molecule has 6 heteroatoms. The molecule has 2 aliphatic heterocycles. The van der Waals surface area contributed by atoms with E-state index in [0.717, 1.165) is 37.8 Å². The summed E-state index contributed by atoms with van der Waals surface area (Å²) in [5, 5.41) is 13.8. The van der Waals surface area contributed by atoms with Crippen molar-refractivity contribution in [2.45, 2.75) is 44.9 Å². The van der Waals surface area contributed by atoms with Gasteiger partial charge in [0.25, 0.3) is 5.91 Å². The second-order valence-corrected chi connectivity index (χ2v) is 8.79. The van der Waals surface area contributed by atoms with Crippen molar-refractivity contribution in [3.8, 4) is 0 Å². The van der Waals surface area contributed by atoms with Crippen molar-refractivity contribution >= 4 is 17.9 Å². The van der Waals surface area contributed by atoms with E-state index in [2.05, 4.69) is 42.3 Å². The molecule has 31 heavy (non-hydrogen) atoms. The molecule has 0 bridgehead atoms. The van der Waals surface area contributed by atoms with Gasteiger partial charge in [-0.2, -0.15) is 0 Å². The molecular weight excluding hydrogens is 390 g/mol. The number of aryl methyl sites for hydroxylation is 2. The number of hydrogen-bond acceptors (Lipinski definition) is 5. The Balaban J connectivity index is 1.35. The van der Waals surface area contributed by atoms with E-state index in [-0.39, 0.29) is 18.0 Å². The Morgan fingerprint density at radius 3 is 2.26 bits per heavy atom. The zero-order chi connectivity index (χ0) is 22.0. The van der Waals surface area contributed by atoms with Gasteiger partial charge >= 0.3 is 0 Å². The van der Waals surface area contributed by atoms with Crippen LogP contribution in [0.25, 0.3) is 0 Å². The van der Waals surface area contributed by atoms with Gasteiger partial charge < -0.3 is 25.0 Å². The van der Waals surface area contributed by atoms with Gasteiger partial charge in [-0.3, -0.25) is 4.79 Å². The van der Waals surface area contributed by atoms with Crippen LogP contribution in [0.2, 0.25) is 0 Å². The van der Waals surface area contributed by atoms with E-state index >= 15 is 0 Å². The third-order valence-electron chi connectivity index (χ3n) is 6.40. The van der Waals surface area contributed by atoms with Crippen LogP contribution in [-0.4, -0.2) is 60.5 Å². The fourth-order valence-corrected chi connectivity index (χ4v) is 4.70. The van der Waals surface area contributed by atoms with Gasteiger partial charge in [0.15, 0.2) is 0 Å². The highest BCUT2D eigenvalue weighted by atomic mass is 16.3. The summed E-state index contributed by atoms with van der Waals surface area (Å²) in [6.45, 7) is 7.23. The van der Waals surface area contributed by atoms with Crippen molar-refractivity contribution < 1.29 is 14.7 Å². The molecule has 164 valence electrons. The van der Waals surface area contributed by atoms with E-state index in [0.29, 0.717) is 18.7 Å². The van der Waals surface area contributed by atoms with Gasteiger partial charge in [0, 0.05) is 43.5 Å². The van der Waals surface area contributed by atoms with Crippen LogP contribution in [0, 0.1) is 13.8 Å². The van der Waals surface area contributed by atoms with E-state index in [1.54, 1.807) is 12.1 Å². The Hall–Kier alpha value is -2.70. The van der Waals surface area contributed by atoms with Gasteiger partial charge in [-0.1, -0.05) is 18.2 Å². The van der Waals surface area contributed by atoms with Gasteiger partial charge in [0.1, 0.15) is 6.29 Å². The largest absolute Gasteiger partial charge is 0.387 e. The predicted octanol–water partition coefficient (Wildman–Crippen LogP) is 2.62. The average molecular weight is 422 g/mol. The lowest BCUT2D eigenvalue weighted by molar-refractivity contribution is -0.109. The molecule has 4 rings (SSSR count). The summed E-state index contributed by atoms with van der Waals surface area (Å²) in [6, 6.07) is 13.5. The number of aldehydes is 1. The molecule has 0 saturated carbocycles. The molecule has 3 atom stereocenters. The second kappa shape index (κ2) is 9.20. The molecule has 3 unspecified atom stereocenters. The summed E-state index contributed by atoms with van der Waals surface area (Å²) in [4.78, 5) is 28.1. The molecule has 2 heterocycles. The smallest absolute Gasteiger partial charge is 0.253 e. The van der Waals surface area contributed by atoms with Crippen molar-refractivity contribution in [1.29, 1.82) is 0 Å². The molecule has 1 amide bonds. The first-order chi connectivity index (χ1) is 14.9. The SMILES string of the molecule is Cc1cc(C)cc(N2CCN(C(=O)c3ccc(C(O)C4CCC(C=O)N4)cc3)CC2)c1. The van der Waals surface area contributed by atoms with Crippen molar-refractivity contribution in [3.63, 3.8) is 0 Å². The highest BCUT2D eigenvalue weighted by Gasteiger charge is 2.30. The number of nitrogens with zero attached hydrogens (tertiary/aromatic N) is 2. The number of carbonyl (C=O) groups is 2. The van der Waals surface area contributed by atoms with E-state index in [9.17, 15) is 14.7 Å². The maximum absolute atomic E-state index is 13.0. The quantitative estimate of drug-likeness (QED) is 0.726. The lowest BCUT2D eigenvalue weighted by Crippen LogP contribution is -2.48. The molecule has 2 aliphatic rings. The maximum Gasteiger partial charge on any atom is 0.253 e. The van der Waals surface area contributed by atoms with Gasteiger partial charge in [0.2, 0.25) is 0 Å². The van der Waals surface area contributed by atoms with Gasteiger partial charge in [0.05, 0.1) is 12.1 Å². The second-order valence-electron chi connectivity index (χ2n) is 8.79. The molecule has 0 aromatic heterocycles. The zero-order valence-electron chi connectivity index (χ0n) is 18.3. The number of amides is 1. The normalized spacial score (nSPS) is 22.4. The third kappa shape index (κ3) is 4.81. The molecule has 2 aromatic carbocycles. The molecular formula is C25H31N3O3. The first-order valence-corrected chi connectivity index (χ1v) is 11.1. The molecule has 2 aromatic rings. The fraction of sp³-hybridized carbons (Fsp3) is 0.440. The first kappa shape index (κ1) is 21.5. The highest BCUT2D eigenvalue weighted by Crippen LogP contribution is 2.26. The zero-order valence-corrected chi connectivity index (χ0v) is 18.3. The summed E-state index contributed by atoms with van der Waals surface area (Å²) in [7, 11) is 0. The Morgan fingerprint density at radius 1 is 1.03 bits per heavy atom. The summed E-state index contributed by atoms with van der Waals surface area (Å²) >= 11 is 0. The van der Waals surface area contributed by atoms with Crippen LogP contribution in [0.4, 0.5) is 5.69 Å². The Bertz CT molecular complexity index is 915. The van der Waals surface area contributed by atoms with Gasteiger partial charge in [-0.15, -0.1) is 0 Å². The average Bonchev–Trinajstić information content (AvgIpc) is 3.27. The highest BCUT2D eigenvalue weighted by molar-refractivity contribution is 5.94. The molecule has 2 fully saturated rings. The lowest BCUT2D eigenvalue weighted by atomic mass is 9.99. The Kier molecular flexibility index (Phi) is 6.39. The van der Waals surface area contributed by atoms with Crippen LogP contribution in [0.3, 0.4) is 0 Å². The maximum atomic E-state index is 13.0. The number of aliphatic hydroxyl groups is 1. The monoisotopic (exact) mass is 421 g/mol. The van der Waals surface area contributed by atoms with Crippen LogP contribution in [0.15, 0.2) is 42.5 Å². The predicted molar refractivity (Wildman–Crippen MR) is 121 cm³/mol. The van der Waals surface area contributed by atoms with Crippen LogP contribution in [-0.2, 0) is 4.79 Å².